The molecule has 0 aliphatic rings. The van der Waals surface area contributed by atoms with Crippen molar-refractivity contribution in [2.24, 2.45) is 0 Å². The predicted octanol–water partition coefficient (Wildman–Crippen LogP) is 2.50. The fraction of sp³-hybridized carbons (Fsp3) is 0.462. The summed E-state index contributed by atoms with van der Waals surface area (Å²) < 4.78 is 7.09. The molecule has 0 bridgehead atoms. The highest BCUT2D eigenvalue weighted by Gasteiger charge is 2.07. The largest absolute Gasteiger partial charge is 0.383 e. The van der Waals surface area contributed by atoms with E-state index in [2.05, 4.69) is 17.2 Å². The second-order valence-corrected chi connectivity index (χ2v) is 4.72. The maximum Gasteiger partial charge on any atom is 0.137 e. The second-order valence-electron chi connectivity index (χ2n) is 4.29. The number of halogens is 1. The molecule has 0 fully saturated rings. The minimum Gasteiger partial charge on any atom is -0.383 e. The first-order valence-electron chi connectivity index (χ1n) is 6.08. The Labute approximate surface area is 112 Å². The Balaban J connectivity index is 2.03. The summed E-state index contributed by atoms with van der Waals surface area (Å²) >= 11 is 5.94. The molecule has 18 heavy (non-hydrogen) atoms. The molecule has 0 amide bonds. The van der Waals surface area contributed by atoms with E-state index in [0.717, 1.165) is 30.9 Å². The molecule has 98 valence electrons. The van der Waals surface area contributed by atoms with Crippen molar-refractivity contribution in [1.29, 1.82) is 0 Å². The van der Waals surface area contributed by atoms with Crippen molar-refractivity contribution in [3.63, 3.8) is 0 Å². The average Bonchev–Trinajstić information content (AvgIpc) is 2.76. The first-order chi connectivity index (χ1) is 8.72. The smallest absolute Gasteiger partial charge is 0.137 e. The lowest BCUT2D eigenvalue weighted by Gasteiger charge is -2.14. The van der Waals surface area contributed by atoms with Gasteiger partial charge in [-0.05, 0) is 18.6 Å². The van der Waals surface area contributed by atoms with Gasteiger partial charge in [0.05, 0.1) is 17.3 Å². The van der Waals surface area contributed by atoms with E-state index in [1.807, 2.05) is 28.9 Å². The molecule has 0 aliphatic heterocycles. The first-order valence-corrected chi connectivity index (χ1v) is 6.46. The Morgan fingerprint density at radius 2 is 2.28 bits per heavy atom. The number of pyridine rings is 1. The van der Waals surface area contributed by atoms with E-state index < -0.39 is 0 Å². The number of hydrogen-bond acceptors (Lipinski definition) is 3. The lowest BCUT2D eigenvalue weighted by molar-refractivity contribution is 0.163. The Kier molecular flexibility index (Phi) is 4.58. The molecule has 5 heteroatoms. The summed E-state index contributed by atoms with van der Waals surface area (Å²) in [6.07, 6.45) is 4.89. The fourth-order valence-electron chi connectivity index (χ4n) is 1.87. The van der Waals surface area contributed by atoms with Crippen molar-refractivity contribution in [3.8, 4) is 0 Å². The van der Waals surface area contributed by atoms with Crippen LogP contribution in [0.15, 0.2) is 24.5 Å². The van der Waals surface area contributed by atoms with Crippen LogP contribution < -0.4 is 5.32 Å². The van der Waals surface area contributed by atoms with Crippen LogP contribution >= 0.6 is 11.6 Å². The summed E-state index contributed by atoms with van der Waals surface area (Å²) in [7, 11) is 1.72. The van der Waals surface area contributed by atoms with Crippen LogP contribution in [-0.4, -0.2) is 29.1 Å². The van der Waals surface area contributed by atoms with Crippen molar-refractivity contribution in [1.82, 2.24) is 14.7 Å². The zero-order valence-corrected chi connectivity index (χ0v) is 11.4. The molecule has 2 heterocycles. The predicted molar refractivity (Wildman–Crippen MR) is 73.0 cm³/mol. The van der Waals surface area contributed by atoms with Gasteiger partial charge >= 0.3 is 0 Å². The van der Waals surface area contributed by atoms with Gasteiger partial charge in [0.25, 0.3) is 0 Å². The Morgan fingerprint density at radius 1 is 1.44 bits per heavy atom. The van der Waals surface area contributed by atoms with E-state index in [9.17, 15) is 0 Å². The first kappa shape index (κ1) is 13.3. The SMILES string of the molecule is CCC(COC)NCc1cn2cc(Cl)ccc2n1. The number of fused-ring (bicyclic) bond motifs is 1. The van der Waals surface area contributed by atoms with Gasteiger partial charge in [-0.1, -0.05) is 18.5 Å². The molecule has 0 aromatic carbocycles. The number of methoxy groups -OCH3 is 1. The molecule has 2 aromatic heterocycles. The minimum absolute atomic E-state index is 0.364. The van der Waals surface area contributed by atoms with E-state index in [0.29, 0.717) is 11.1 Å². The van der Waals surface area contributed by atoms with Crippen molar-refractivity contribution in [2.45, 2.75) is 25.9 Å². The van der Waals surface area contributed by atoms with Gasteiger partial charge in [0, 0.05) is 32.1 Å². The topological polar surface area (TPSA) is 38.6 Å². The zero-order chi connectivity index (χ0) is 13.0. The molecule has 0 saturated heterocycles. The number of nitrogens with one attached hydrogen (secondary N) is 1. The van der Waals surface area contributed by atoms with Crippen molar-refractivity contribution < 1.29 is 4.74 Å². The number of rotatable bonds is 6. The molecule has 4 nitrogen and oxygen atoms in total. The van der Waals surface area contributed by atoms with Gasteiger partial charge < -0.3 is 14.5 Å². The molecule has 1 atom stereocenters. The normalized spacial score (nSPS) is 13.1. The molecular formula is C13H18ClN3O. The van der Waals surface area contributed by atoms with Crippen molar-refractivity contribution in [3.05, 3.63) is 35.2 Å². The average molecular weight is 268 g/mol. The summed E-state index contributed by atoms with van der Waals surface area (Å²) in [5.74, 6) is 0. The van der Waals surface area contributed by atoms with Crippen LogP contribution in [0.1, 0.15) is 19.0 Å². The monoisotopic (exact) mass is 267 g/mol. The second kappa shape index (κ2) is 6.18. The van der Waals surface area contributed by atoms with E-state index in [1.54, 1.807) is 7.11 Å². The standard InChI is InChI=1S/C13H18ClN3O/c1-3-11(9-18-2)15-6-12-8-17-7-10(14)4-5-13(17)16-12/h4-5,7-8,11,15H,3,6,9H2,1-2H3. The van der Waals surface area contributed by atoms with Gasteiger partial charge in [0.15, 0.2) is 0 Å². The third-order valence-corrected chi connectivity index (χ3v) is 3.12. The van der Waals surface area contributed by atoms with Gasteiger partial charge in [0.1, 0.15) is 5.65 Å². The Morgan fingerprint density at radius 3 is 3.00 bits per heavy atom. The van der Waals surface area contributed by atoms with Crippen molar-refractivity contribution in [2.75, 3.05) is 13.7 Å². The summed E-state index contributed by atoms with van der Waals surface area (Å²) in [4.78, 5) is 4.52. The van der Waals surface area contributed by atoms with Gasteiger partial charge in [-0.3, -0.25) is 0 Å². The van der Waals surface area contributed by atoms with E-state index in [-0.39, 0.29) is 0 Å². The van der Waals surface area contributed by atoms with Crippen molar-refractivity contribution >= 4 is 17.2 Å². The van der Waals surface area contributed by atoms with Crippen LogP contribution in [0.2, 0.25) is 5.02 Å². The summed E-state index contributed by atoms with van der Waals surface area (Å²) in [5, 5.41) is 4.14. The summed E-state index contributed by atoms with van der Waals surface area (Å²) in [6.45, 7) is 3.59. The van der Waals surface area contributed by atoms with E-state index >= 15 is 0 Å². The van der Waals surface area contributed by atoms with Crippen LogP contribution in [0.25, 0.3) is 5.65 Å². The molecule has 0 saturated carbocycles. The highest BCUT2D eigenvalue weighted by Crippen LogP contribution is 2.11. The van der Waals surface area contributed by atoms with Crippen LogP contribution in [0.3, 0.4) is 0 Å². The number of hydrogen-bond donors (Lipinski definition) is 1. The molecular weight excluding hydrogens is 250 g/mol. The van der Waals surface area contributed by atoms with E-state index in [4.69, 9.17) is 16.3 Å². The Bertz CT molecular complexity index is 512. The van der Waals surface area contributed by atoms with Gasteiger partial charge in [-0.2, -0.15) is 0 Å². The fourth-order valence-corrected chi connectivity index (χ4v) is 2.04. The van der Waals surface area contributed by atoms with Crippen LogP contribution in [0.5, 0.6) is 0 Å². The van der Waals surface area contributed by atoms with Crippen LogP contribution in [-0.2, 0) is 11.3 Å². The third kappa shape index (κ3) is 3.22. The summed E-state index contributed by atoms with van der Waals surface area (Å²) in [5.41, 5.74) is 1.92. The zero-order valence-electron chi connectivity index (χ0n) is 10.7. The molecule has 0 radical (unpaired) electrons. The van der Waals surface area contributed by atoms with Gasteiger partial charge in [0.2, 0.25) is 0 Å². The number of nitrogens with zero attached hydrogens (tertiary/aromatic N) is 2. The van der Waals surface area contributed by atoms with Gasteiger partial charge in [-0.25, -0.2) is 4.98 Å². The number of ether oxygens (including phenoxy) is 1. The van der Waals surface area contributed by atoms with Crippen LogP contribution in [0, 0.1) is 0 Å². The quantitative estimate of drug-likeness (QED) is 0.874. The number of aromatic nitrogens is 2. The van der Waals surface area contributed by atoms with E-state index in [1.165, 1.54) is 0 Å². The highest BCUT2D eigenvalue weighted by molar-refractivity contribution is 6.30. The molecule has 0 spiro atoms. The lowest BCUT2D eigenvalue weighted by Crippen LogP contribution is -2.32. The molecule has 1 N–H and O–H groups in total. The third-order valence-electron chi connectivity index (χ3n) is 2.90. The Hall–Kier alpha value is -1.10. The maximum atomic E-state index is 5.94. The molecule has 0 aliphatic carbocycles. The van der Waals surface area contributed by atoms with Crippen LogP contribution in [0.4, 0.5) is 0 Å². The maximum absolute atomic E-state index is 5.94. The highest BCUT2D eigenvalue weighted by atomic mass is 35.5. The number of imidazole rings is 1. The lowest BCUT2D eigenvalue weighted by atomic mass is 10.2. The van der Waals surface area contributed by atoms with Gasteiger partial charge in [-0.15, -0.1) is 0 Å². The molecule has 2 aromatic rings. The molecule has 2 rings (SSSR count). The summed E-state index contributed by atoms with van der Waals surface area (Å²) in [6, 6.07) is 4.13. The minimum atomic E-state index is 0.364. The molecule has 1 unspecified atom stereocenters.